The van der Waals surface area contributed by atoms with Crippen molar-refractivity contribution >= 4 is 11.4 Å². The Balaban J connectivity index is 1.88. The summed E-state index contributed by atoms with van der Waals surface area (Å²) in [4.78, 5) is 0. The van der Waals surface area contributed by atoms with E-state index in [-0.39, 0.29) is 11.9 Å². The summed E-state index contributed by atoms with van der Waals surface area (Å²) in [7, 11) is 4.87. The molecule has 5 nitrogen and oxygen atoms in total. The van der Waals surface area contributed by atoms with Crippen LogP contribution in [-0.2, 0) is 6.42 Å². The molecule has 6 heteroatoms. The number of ether oxygens (including phenoxy) is 3. The minimum Gasteiger partial charge on any atom is -0.497 e. The number of hydrogen-bond acceptors (Lipinski definition) is 5. The summed E-state index contributed by atoms with van der Waals surface area (Å²) in [5.41, 5.74) is 7.66. The normalized spacial score (nSPS) is 15.2. The van der Waals surface area contributed by atoms with Gasteiger partial charge in [0.1, 0.15) is 11.6 Å². The lowest BCUT2D eigenvalue weighted by molar-refractivity contribution is 0.352. The van der Waals surface area contributed by atoms with E-state index in [0.717, 1.165) is 28.3 Å². The van der Waals surface area contributed by atoms with Crippen molar-refractivity contribution in [2.45, 2.75) is 12.5 Å². The predicted octanol–water partition coefficient (Wildman–Crippen LogP) is 5.69. The Morgan fingerprint density at radius 1 is 0.970 bits per heavy atom. The zero-order valence-corrected chi connectivity index (χ0v) is 19.0. The third kappa shape index (κ3) is 4.30. The molecule has 1 aliphatic rings. The first-order valence-corrected chi connectivity index (χ1v) is 10.6. The second-order valence-corrected chi connectivity index (χ2v) is 7.53. The van der Waals surface area contributed by atoms with Gasteiger partial charge in [0.25, 0.3) is 0 Å². The third-order valence-corrected chi connectivity index (χ3v) is 5.68. The van der Waals surface area contributed by atoms with Crippen LogP contribution < -0.4 is 24.6 Å². The maximum absolute atomic E-state index is 14.7. The molecule has 0 aliphatic carbocycles. The van der Waals surface area contributed by atoms with Crippen molar-refractivity contribution < 1.29 is 18.6 Å². The fourth-order valence-electron chi connectivity index (χ4n) is 4.10. The molecule has 0 spiro atoms. The van der Waals surface area contributed by atoms with Gasteiger partial charge in [0.2, 0.25) is 0 Å². The maximum atomic E-state index is 14.7. The fourth-order valence-corrected chi connectivity index (χ4v) is 4.10. The Bertz CT molecular complexity index is 1170. The van der Waals surface area contributed by atoms with Crippen LogP contribution in [0, 0.1) is 5.82 Å². The van der Waals surface area contributed by atoms with Gasteiger partial charge in [-0.2, -0.15) is 0 Å². The molecule has 0 saturated heterocycles. The van der Waals surface area contributed by atoms with Gasteiger partial charge in [-0.1, -0.05) is 24.3 Å². The summed E-state index contributed by atoms with van der Waals surface area (Å²) >= 11 is 0. The zero-order chi connectivity index (χ0) is 23.4. The Morgan fingerprint density at radius 3 is 2.36 bits per heavy atom. The van der Waals surface area contributed by atoms with Gasteiger partial charge >= 0.3 is 0 Å². The van der Waals surface area contributed by atoms with E-state index in [4.69, 9.17) is 14.2 Å². The van der Waals surface area contributed by atoms with Gasteiger partial charge in [-0.05, 0) is 55.0 Å². The molecule has 0 radical (unpaired) electrons. The standard InChI is InChI=1S/C27H27FN2O3/c1-5-8-21-20(15-16-26(32-3)27(21)33-4)25-17-24(22-9-6-7-10-23(22)28)29-30(25)18-11-13-19(31-2)14-12-18/h5-7,9-17,24,29H,1,8H2,2-4H3. The molecule has 3 aromatic rings. The van der Waals surface area contributed by atoms with Crippen molar-refractivity contribution in [1.29, 1.82) is 0 Å². The number of hydrogen-bond donors (Lipinski definition) is 1. The Kier molecular flexibility index (Phi) is 6.66. The van der Waals surface area contributed by atoms with Crippen LogP contribution in [0.3, 0.4) is 0 Å². The summed E-state index contributed by atoms with van der Waals surface area (Å²) in [6.07, 6.45) is 4.43. The molecule has 170 valence electrons. The molecule has 0 saturated carbocycles. The molecule has 4 rings (SSSR count). The number of methoxy groups -OCH3 is 3. The molecule has 0 aromatic heterocycles. The maximum Gasteiger partial charge on any atom is 0.164 e. The molecule has 1 N–H and O–H groups in total. The van der Waals surface area contributed by atoms with E-state index >= 15 is 0 Å². The van der Waals surface area contributed by atoms with Crippen molar-refractivity contribution in [3.63, 3.8) is 0 Å². The Labute approximate surface area is 193 Å². The molecular weight excluding hydrogens is 419 g/mol. The van der Waals surface area contributed by atoms with Crippen molar-refractivity contribution in [3.8, 4) is 17.2 Å². The van der Waals surface area contributed by atoms with Gasteiger partial charge in [-0.25, -0.2) is 9.82 Å². The van der Waals surface area contributed by atoms with E-state index in [2.05, 4.69) is 12.0 Å². The first-order chi connectivity index (χ1) is 16.1. The lowest BCUT2D eigenvalue weighted by Crippen LogP contribution is -2.33. The quantitative estimate of drug-likeness (QED) is 0.451. The highest BCUT2D eigenvalue weighted by molar-refractivity contribution is 5.84. The Hall–Kier alpha value is -3.77. The number of halogens is 1. The van der Waals surface area contributed by atoms with Crippen molar-refractivity contribution in [1.82, 2.24) is 5.43 Å². The molecule has 1 atom stereocenters. The van der Waals surface area contributed by atoms with Gasteiger partial charge < -0.3 is 14.2 Å². The van der Waals surface area contributed by atoms with Crippen LogP contribution in [-0.4, -0.2) is 21.3 Å². The molecule has 3 aromatic carbocycles. The molecule has 1 aliphatic heterocycles. The molecule has 33 heavy (non-hydrogen) atoms. The summed E-state index contributed by atoms with van der Waals surface area (Å²) < 4.78 is 31.2. The first kappa shape index (κ1) is 22.4. The molecule has 0 fully saturated rings. The van der Waals surface area contributed by atoms with Gasteiger partial charge in [0, 0.05) is 16.7 Å². The van der Waals surface area contributed by atoms with Gasteiger partial charge in [-0.3, -0.25) is 5.01 Å². The van der Waals surface area contributed by atoms with Gasteiger partial charge in [-0.15, -0.1) is 6.58 Å². The van der Waals surface area contributed by atoms with Crippen LogP contribution in [0.2, 0.25) is 0 Å². The van der Waals surface area contributed by atoms with Gasteiger partial charge in [0.15, 0.2) is 11.5 Å². The topological polar surface area (TPSA) is 43.0 Å². The van der Waals surface area contributed by atoms with Crippen LogP contribution in [0.1, 0.15) is 22.7 Å². The third-order valence-electron chi connectivity index (χ3n) is 5.68. The monoisotopic (exact) mass is 446 g/mol. The zero-order valence-electron chi connectivity index (χ0n) is 19.0. The van der Waals surface area contributed by atoms with E-state index in [1.807, 2.05) is 59.6 Å². The minimum atomic E-state index is -0.354. The second-order valence-electron chi connectivity index (χ2n) is 7.53. The summed E-state index contributed by atoms with van der Waals surface area (Å²) in [6, 6.07) is 18.0. The van der Waals surface area contributed by atoms with Crippen LogP contribution in [0.15, 0.2) is 79.4 Å². The van der Waals surface area contributed by atoms with E-state index in [1.54, 1.807) is 33.5 Å². The molecule has 0 amide bonds. The average molecular weight is 447 g/mol. The lowest BCUT2D eigenvalue weighted by Gasteiger charge is -2.26. The van der Waals surface area contributed by atoms with E-state index in [0.29, 0.717) is 23.5 Å². The second kappa shape index (κ2) is 9.79. The highest BCUT2D eigenvalue weighted by Crippen LogP contribution is 2.42. The van der Waals surface area contributed by atoms with Crippen molar-refractivity contribution in [2.24, 2.45) is 0 Å². The highest BCUT2D eigenvalue weighted by atomic mass is 19.1. The smallest absolute Gasteiger partial charge is 0.164 e. The number of rotatable bonds is 8. The number of anilines is 1. The van der Waals surface area contributed by atoms with Crippen LogP contribution in [0.5, 0.6) is 17.2 Å². The molecule has 1 heterocycles. The van der Waals surface area contributed by atoms with Gasteiger partial charge in [0.05, 0.1) is 38.8 Å². The number of benzene rings is 3. The summed E-state index contributed by atoms with van der Waals surface area (Å²) in [6.45, 7) is 3.92. The summed E-state index contributed by atoms with van der Waals surface area (Å²) in [5.74, 6) is 1.79. The number of nitrogens with one attached hydrogen (secondary N) is 1. The van der Waals surface area contributed by atoms with Crippen LogP contribution in [0.4, 0.5) is 10.1 Å². The first-order valence-electron chi connectivity index (χ1n) is 10.6. The number of allylic oxidation sites excluding steroid dienone is 1. The molecular formula is C27H27FN2O3. The molecule has 1 unspecified atom stereocenters. The SMILES string of the molecule is C=CCc1c(C2=CC(c3ccccc3F)NN2c2ccc(OC)cc2)ccc(OC)c1OC. The highest BCUT2D eigenvalue weighted by Gasteiger charge is 2.30. The van der Waals surface area contributed by atoms with Crippen molar-refractivity contribution in [2.75, 3.05) is 26.3 Å². The number of nitrogens with zero attached hydrogens (tertiary/aromatic N) is 1. The van der Waals surface area contributed by atoms with Crippen molar-refractivity contribution in [3.05, 3.63) is 102 Å². The minimum absolute atomic E-state index is 0.263. The molecule has 0 bridgehead atoms. The van der Waals surface area contributed by atoms with E-state index in [1.165, 1.54) is 6.07 Å². The van der Waals surface area contributed by atoms with Crippen LogP contribution >= 0.6 is 0 Å². The predicted molar refractivity (Wildman–Crippen MR) is 129 cm³/mol. The number of hydrazine groups is 1. The average Bonchev–Trinajstić information content (AvgIpc) is 3.29. The van der Waals surface area contributed by atoms with E-state index < -0.39 is 0 Å². The fraction of sp³-hybridized carbons (Fsp3) is 0.185. The largest absolute Gasteiger partial charge is 0.497 e. The Morgan fingerprint density at radius 2 is 1.73 bits per heavy atom. The lowest BCUT2D eigenvalue weighted by atomic mass is 9.97. The van der Waals surface area contributed by atoms with Crippen LogP contribution in [0.25, 0.3) is 5.70 Å². The summed E-state index contributed by atoms with van der Waals surface area (Å²) in [5, 5.41) is 1.96. The van der Waals surface area contributed by atoms with E-state index in [9.17, 15) is 4.39 Å².